The molecular formula is C11H18N2O2S. The van der Waals surface area contributed by atoms with Crippen molar-refractivity contribution >= 4 is 17.3 Å². The minimum Gasteiger partial charge on any atom is -0.480 e. The zero-order valence-electron chi connectivity index (χ0n) is 9.80. The molecule has 1 rings (SSSR count). The number of likely N-dealkylation sites (N-methyl/N-ethyl adjacent to an activating group) is 1. The lowest BCUT2D eigenvalue weighted by Crippen LogP contribution is -2.39. The van der Waals surface area contributed by atoms with Gasteiger partial charge < -0.3 is 15.3 Å². The molecule has 0 amide bonds. The summed E-state index contributed by atoms with van der Waals surface area (Å²) in [4.78, 5) is 14.0. The Morgan fingerprint density at radius 2 is 2.31 bits per heavy atom. The largest absolute Gasteiger partial charge is 0.480 e. The van der Waals surface area contributed by atoms with E-state index in [1.807, 2.05) is 25.5 Å². The summed E-state index contributed by atoms with van der Waals surface area (Å²) in [6.45, 7) is 2.30. The molecule has 90 valence electrons. The number of carbonyl (C=O) groups is 1. The molecule has 0 aliphatic heterocycles. The number of carboxylic acids is 1. The summed E-state index contributed by atoms with van der Waals surface area (Å²) in [6, 6.07) is 3.80. The van der Waals surface area contributed by atoms with Gasteiger partial charge in [0.2, 0.25) is 0 Å². The van der Waals surface area contributed by atoms with Crippen molar-refractivity contribution in [2.24, 2.45) is 0 Å². The summed E-state index contributed by atoms with van der Waals surface area (Å²) in [5, 5.41) is 13.8. The third-order valence-electron chi connectivity index (χ3n) is 2.48. The molecule has 0 saturated heterocycles. The Hall–Kier alpha value is -0.910. The van der Waals surface area contributed by atoms with E-state index in [4.69, 9.17) is 5.11 Å². The molecule has 2 N–H and O–H groups in total. The van der Waals surface area contributed by atoms with Gasteiger partial charge >= 0.3 is 5.97 Å². The number of aliphatic carboxylic acids is 1. The van der Waals surface area contributed by atoms with Gasteiger partial charge in [-0.3, -0.25) is 4.79 Å². The lowest BCUT2D eigenvalue weighted by Gasteiger charge is -2.24. The van der Waals surface area contributed by atoms with Gasteiger partial charge in [-0.2, -0.15) is 0 Å². The van der Waals surface area contributed by atoms with Crippen LogP contribution in [0.5, 0.6) is 0 Å². The molecule has 2 atom stereocenters. The van der Waals surface area contributed by atoms with E-state index in [1.165, 1.54) is 4.88 Å². The molecule has 1 heterocycles. The summed E-state index contributed by atoms with van der Waals surface area (Å²) in [6.07, 6.45) is 0. The molecule has 5 heteroatoms. The summed E-state index contributed by atoms with van der Waals surface area (Å²) in [5.74, 6) is -0.816. The molecule has 0 fully saturated rings. The van der Waals surface area contributed by atoms with E-state index in [0.29, 0.717) is 6.54 Å². The number of hydrogen-bond donors (Lipinski definition) is 2. The maximum absolute atomic E-state index is 10.7. The van der Waals surface area contributed by atoms with Crippen LogP contribution in [0, 0.1) is 0 Å². The SMILES string of the molecule is CC(NCC(c1cccs1)N(C)C)C(=O)O. The van der Waals surface area contributed by atoms with E-state index >= 15 is 0 Å². The summed E-state index contributed by atoms with van der Waals surface area (Å²) >= 11 is 1.69. The molecule has 4 nitrogen and oxygen atoms in total. The molecule has 0 aromatic carbocycles. The third kappa shape index (κ3) is 3.59. The van der Waals surface area contributed by atoms with E-state index in [2.05, 4.69) is 16.3 Å². The van der Waals surface area contributed by atoms with E-state index < -0.39 is 12.0 Å². The van der Waals surface area contributed by atoms with Crippen molar-refractivity contribution in [3.8, 4) is 0 Å². The number of hydrogen-bond acceptors (Lipinski definition) is 4. The van der Waals surface area contributed by atoms with Crippen molar-refractivity contribution in [1.29, 1.82) is 0 Å². The fraction of sp³-hybridized carbons (Fsp3) is 0.545. The number of carboxylic acid groups (broad SMARTS) is 1. The van der Waals surface area contributed by atoms with Gasteiger partial charge in [-0.25, -0.2) is 0 Å². The summed E-state index contributed by atoms with van der Waals surface area (Å²) < 4.78 is 0. The first-order chi connectivity index (χ1) is 7.52. The van der Waals surface area contributed by atoms with Gasteiger partial charge in [-0.1, -0.05) is 6.07 Å². The van der Waals surface area contributed by atoms with Crippen molar-refractivity contribution < 1.29 is 9.90 Å². The average molecular weight is 242 g/mol. The van der Waals surface area contributed by atoms with Crippen LogP contribution < -0.4 is 5.32 Å². The lowest BCUT2D eigenvalue weighted by atomic mass is 10.2. The Morgan fingerprint density at radius 3 is 2.75 bits per heavy atom. The molecule has 0 radical (unpaired) electrons. The van der Waals surface area contributed by atoms with Crippen LogP contribution in [-0.4, -0.2) is 42.7 Å². The molecule has 0 saturated carbocycles. The Labute approximate surface area is 99.9 Å². The van der Waals surface area contributed by atoms with E-state index in [-0.39, 0.29) is 6.04 Å². The van der Waals surface area contributed by atoms with Crippen molar-refractivity contribution in [1.82, 2.24) is 10.2 Å². The minimum atomic E-state index is -0.816. The van der Waals surface area contributed by atoms with Crippen LogP contribution in [0.4, 0.5) is 0 Å². The highest BCUT2D eigenvalue weighted by Gasteiger charge is 2.17. The van der Waals surface area contributed by atoms with E-state index in [9.17, 15) is 4.79 Å². The van der Waals surface area contributed by atoms with Gasteiger partial charge in [0, 0.05) is 11.4 Å². The molecule has 0 spiro atoms. The highest BCUT2D eigenvalue weighted by Crippen LogP contribution is 2.22. The Kier molecular flexibility index (Phi) is 4.92. The van der Waals surface area contributed by atoms with Crippen LogP contribution in [0.15, 0.2) is 17.5 Å². The minimum absolute atomic E-state index is 0.224. The summed E-state index contributed by atoms with van der Waals surface area (Å²) in [7, 11) is 4.00. The van der Waals surface area contributed by atoms with Gasteiger partial charge in [-0.15, -0.1) is 11.3 Å². The fourth-order valence-corrected chi connectivity index (χ4v) is 2.32. The van der Waals surface area contributed by atoms with Crippen LogP contribution in [-0.2, 0) is 4.79 Å². The van der Waals surface area contributed by atoms with Crippen LogP contribution >= 0.6 is 11.3 Å². The molecule has 2 unspecified atom stereocenters. The predicted molar refractivity (Wildman–Crippen MR) is 65.8 cm³/mol. The van der Waals surface area contributed by atoms with E-state index in [0.717, 1.165) is 0 Å². The second-order valence-corrected chi connectivity index (χ2v) is 4.94. The van der Waals surface area contributed by atoms with Crippen molar-refractivity contribution in [3.05, 3.63) is 22.4 Å². The highest BCUT2D eigenvalue weighted by atomic mass is 32.1. The molecule has 1 aromatic rings. The molecule has 1 aromatic heterocycles. The quantitative estimate of drug-likeness (QED) is 0.792. The van der Waals surface area contributed by atoms with E-state index in [1.54, 1.807) is 18.3 Å². The standard InChI is InChI=1S/C11H18N2O2S/c1-8(11(14)15)12-7-9(13(2)3)10-5-4-6-16-10/h4-6,8-9,12H,7H2,1-3H3,(H,14,15). The van der Waals surface area contributed by atoms with Crippen molar-refractivity contribution in [3.63, 3.8) is 0 Å². The maximum Gasteiger partial charge on any atom is 0.320 e. The molecule has 16 heavy (non-hydrogen) atoms. The first-order valence-electron chi connectivity index (χ1n) is 5.18. The maximum atomic E-state index is 10.7. The fourth-order valence-electron chi connectivity index (χ4n) is 1.39. The van der Waals surface area contributed by atoms with Gasteiger partial charge in [0.1, 0.15) is 6.04 Å². The second-order valence-electron chi connectivity index (χ2n) is 3.96. The molecule has 0 aliphatic rings. The number of nitrogens with zero attached hydrogens (tertiary/aromatic N) is 1. The normalized spacial score (nSPS) is 15.0. The molecular weight excluding hydrogens is 224 g/mol. The summed E-state index contributed by atoms with van der Waals surface area (Å²) in [5.41, 5.74) is 0. The number of thiophene rings is 1. The van der Waals surface area contributed by atoms with Gasteiger partial charge in [0.15, 0.2) is 0 Å². The Bertz CT molecular complexity index is 325. The van der Waals surface area contributed by atoms with Crippen molar-refractivity contribution in [2.75, 3.05) is 20.6 Å². The highest BCUT2D eigenvalue weighted by molar-refractivity contribution is 7.10. The lowest BCUT2D eigenvalue weighted by molar-refractivity contribution is -0.139. The number of rotatable bonds is 6. The predicted octanol–water partition coefficient (Wildman–Crippen LogP) is 1.41. The number of nitrogens with one attached hydrogen (secondary N) is 1. The molecule has 0 aliphatic carbocycles. The second kappa shape index (κ2) is 5.98. The average Bonchev–Trinajstić information content (AvgIpc) is 2.70. The van der Waals surface area contributed by atoms with Gasteiger partial charge in [0.05, 0.1) is 6.04 Å². The van der Waals surface area contributed by atoms with Crippen LogP contribution in [0.1, 0.15) is 17.8 Å². The van der Waals surface area contributed by atoms with Crippen LogP contribution in [0.3, 0.4) is 0 Å². The molecule has 0 bridgehead atoms. The smallest absolute Gasteiger partial charge is 0.320 e. The zero-order chi connectivity index (χ0) is 12.1. The third-order valence-corrected chi connectivity index (χ3v) is 3.46. The first kappa shape index (κ1) is 13.2. The van der Waals surface area contributed by atoms with Gasteiger partial charge in [0.25, 0.3) is 0 Å². The van der Waals surface area contributed by atoms with Crippen molar-refractivity contribution in [2.45, 2.75) is 19.0 Å². The Balaban J connectivity index is 2.57. The van der Waals surface area contributed by atoms with Gasteiger partial charge in [-0.05, 0) is 32.5 Å². The first-order valence-corrected chi connectivity index (χ1v) is 6.06. The van der Waals surface area contributed by atoms with Crippen LogP contribution in [0.25, 0.3) is 0 Å². The monoisotopic (exact) mass is 242 g/mol. The zero-order valence-corrected chi connectivity index (χ0v) is 10.6. The Morgan fingerprint density at radius 1 is 1.62 bits per heavy atom. The van der Waals surface area contributed by atoms with Crippen LogP contribution in [0.2, 0.25) is 0 Å². The topological polar surface area (TPSA) is 52.6 Å².